The second kappa shape index (κ2) is 9.45. The topological polar surface area (TPSA) is 111 Å². The van der Waals surface area contributed by atoms with E-state index in [1.807, 2.05) is 26.0 Å². The van der Waals surface area contributed by atoms with Crippen molar-refractivity contribution in [1.82, 2.24) is 14.8 Å². The first-order valence-electron chi connectivity index (χ1n) is 10.3. The van der Waals surface area contributed by atoms with E-state index in [9.17, 15) is 9.90 Å². The van der Waals surface area contributed by atoms with Gasteiger partial charge in [0.2, 0.25) is 11.1 Å². The Bertz CT molecular complexity index is 1220. The highest BCUT2D eigenvalue weighted by atomic mass is 32.2. The van der Waals surface area contributed by atoms with Crippen molar-refractivity contribution in [3.8, 4) is 17.2 Å². The molecule has 1 aliphatic rings. The first-order chi connectivity index (χ1) is 16.0. The summed E-state index contributed by atoms with van der Waals surface area (Å²) >= 11 is 1.51. The Kier molecular flexibility index (Phi) is 6.45. The maximum atomic E-state index is 13.6. The molecule has 9 nitrogen and oxygen atoms in total. The predicted molar refractivity (Wildman–Crippen MR) is 127 cm³/mol. The van der Waals surface area contributed by atoms with Gasteiger partial charge in [-0.3, -0.25) is 4.79 Å². The molecule has 1 aromatic heterocycles. The summed E-state index contributed by atoms with van der Waals surface area (Å²) in [5.41, 5.74) is 2.38. The summed E-state index contributed by atoms with van der Waals surface area (Å²) in [6, 6.07) is 11.6. The molecule has 1 aliphatic heterocycles. The third-order valence-electron chi connectivity index (χ3n) is 5.23. The standard InChI is InChI=1S/C23H25N5O4S/c1-5-33-23-26-22-24-13(2)19(21(30)25-15-8-6-7-9-17(15)31-3)20(28(22)27-23)14-10-11-16(29)18(12-14)32-4/h6-12,20,29H,5H2,1-4H3,(H,25,30)(H,24,26,27)/t20-/m0/s1. The Labute approximate surface area is 195 Å². The molecule has 0 saturated heterocycles. The summed E-state index contributed by atoms with van der Waals surface area (Å²) < 4.78 is 12.4. The number of aromatic nitrogens is 3. The fourth-order valence-electron chi connectivity index (χ4n) is 3.73. The average Bonchev–Trinajstić information content (AvgIpc) is 3.21. The number of aromatic hydroxyl groups is 1. The molecule has 10 heteroatoms. The van der Waals surface area contributed by atoms with Crippen LogP contribution in [0, 0.1) is 0 Å². The number of anilines is 2. The van der Waals surface area contributed by atoms with E-state index in [4.69, 9.17) is 9.47 Å². The molecule has 0 radical (unpaired) electrons. The fraction of sp³-hybridized carbons (Fsp3) is 0.261. The number of carbonyl (C=O) groups is 1. The van der Waals surface area contributed by atoms with Gasteiger partial charge in [0.1, 0.15) is 11.8 Å². The summed E-state index contributed by atoms with van der Waals surface area (Å²) in [5, 5.41) is 21.5. The number of ether oxygens (including phenoxy) is 2. The van der Waals surface area contributed by atoms with Crippen LogP contribution in [0.5, 0.6) is 17.2 Å². The van der Waals surface area contributed by atoms with Crippen LogP contribution in [0.25, 0.3) is 0 Å². The van der Waals surface area contributed by atoms with Crippen molar-refractivity contribution in [2.24, 2.45) is 0 Å². The lowest BCUT2D eigenvalue weighted by atomic mass is 9.94. The van der Waals surface area contributed by atoms with Crippen molar-refractivity contribution < 1.29 is 19.4 Å². The number of nitrogens with one attached hydrogen (secondary N) is 2. The number of hydrogen-bond acceptors (Lipinski definition) is 8. The number of fused-ring (bicyclic) bond motifs is 1. The van der Waals surface area contributed by atoms with Gasteiger partial charge in [-0.05, 0) is 42.5 Å². The molecule has 3 N–H and O–H groups in total. The van der Waals surface area contributed by atoms with E-state index in [1.165, 1.54) is 18.9 Å². The molecule has 0 spiro atoms. The van der Waals surface area contributed by atoms with Crippen LogP contribution in [-0.4, -0.2) is 45.8 Å². The molecule has 1 atom stereocenters. The number of phenolic OH excluding ortho intramolecular Hbond substituents is 1. The van der Waals surface area contributed by atoms with Crippen molar-refractivity contribution in [3.63, 3.8) is 0 Å². The molecule has 0 fully saturated rings. The second-order valence-corrected chi connectivity index (χ2v) is 8.48. The Hall–Kier alpha value is -3.66. The van der Waals surface area contributed by atoms with Crippen molar-refractivity contribution in [2.45, 2.75) is 25.0 Å². The summed E-state index contributed by atoms with van der Waals surface area (Å²) in [6.07, 6.45) is 0. The van der Waals surface area contributed by atoms with Gasteiger partial charge in [-0.15, -0.1) is 5.10 Å². The average molecular weight is 468 g/mol. The van der Waals surface area contributed by atoms with E-state index in [0.717, 1.165) is 11.3 Å². The van der Waals surface area contributed by atoms with Crippen LogP contribution in [0.15, 0.2) is 58.9 Å². The van der Waals surface area contributed by atoms with Gasteiger partial charge in [0.15, 0.2) is 11.5 Å². The van der Waals surface area contributed by atoms with E-state index in [2.05, 4.69) is 20.7 Å². The molecule has 0 aliphatic carbocycles. The van der Waals surface area contributed by atoms with E-state index >= 15 is 0 Å². The van der Waals surface area contributed by atoms with Crippen LogP contribution < -0.4 is 20.1 Å². The quantitative estimate of drug-likeness (QED) is 0.447. The lowest BCUT2D eigenvalue weighted by Gasteiger charge is -2.29. The monoisotopic (exact) mass is 467 g/mol. The van der Waals surface area contributed by atoms with Gasteiger partial charge in [-0.1, -0.05) is 36.9 Å². The first-order valence-corrected chi connectivity index (χ1v) is 11.3. The number of methoxy groups -OCH3 is 2. The minimum atomic E-state index is -0.593. The number of allylic oxidation sites excluding steroid dienone is 1. The van der Waals surface area contributed by atoms with E-state index in [0.29, 0.717) is 39.6 Å². The Morgan fingerprint density at radius 3 is 2.70 bits per heavy atom. The number of rotatable bonds is 7. The highest BCUT2D eigenvalue weighted by Crippen LogP contribution is 2.39. The Morgan fingerprint density at radius 2 is 1.97 bits per heavy atom. The SMILES string of the molecule is CCSc1nc2n(n1)[C@@H](c1ccc(O)c(OC)c1)C(C(=O)Nc1ccccc1OC)=C(C)N2. The zero-order valence-electron chi connectivity index (χ0n) is 18.7. The minimum Gasteiger partial charge on any atom is -0.504 e. The maximum Gasteiger partial charge on any atom is 0.255 e. The third kappa shape index (κ3) is 4.34. The van der Waals surface area contributed by atoms with E-state index in [-0.39, 0.29) is 11.7 Å². The molecule has 2 heterocycles. The molecule has 1 amide bonds. The van der Waals surface area contributed by atoms with Gasteiger partial charge in [-0.25, -0.2) is 4.68 Å². The Morgan fingerprint density at radius 1 is 1.21 bits per heavy atom. The molecule has 0 unspecified atom stereocenters. The van der Waals surface area contributed by atoms with E-state index < -0.39 is 6.04 Å². The molecular weight excluding hydrogens is 442 g/mol. The Balaban J connectivity index is 1.81. The third-order valence-corrected chi connectivity index (χ3v) is 5.95. The molecule has 0 saturated carbocycles. The number of hydrogen-bond donors (Lipinski definition) is 3. The van der Waals surface area contributed by atoms with Crippen LogP contribution in [0.4, 0.5) is 11.6 Å². The molecule has 3 aromatic rings. The maximum absolute atomic E-state index is 13.6. The van der Waals surface area contributed by atoms with Gasteiger partial charge in [0, 0.05) is 5.70 Å². The number of thioether (sulfide) groups is 1. The summed E-state index contributed by atoms with van der Waals surface area (Å²) in [4.78, 5) is 18.2. The molecule has 2 aromatic carbocycles. The summed E-state index contributed by atoms with van der Waals surface area (Å²) in [7, 11) is 3.03. The number of benzene rings is 2. The van der Waals surface area contributed by atoms with Crippen LogP contribution in [-0.2, 0) is 4.79 Å². The van der Waals surface area contributed by atoms with Gasteiger partial charge in [0.05, 0.1) is 25.5 Å². The number of phenols is 1. The van der Waals surface area contributed by atoms with Crippen LogP contribution in [0.2, 0.25) is 0 Å². The van der Waals surface area contributed by atoms with Crippen LogP contribution in [0.1, 0.15) is 25.5 Å². The summed E-state index contributed by atoms with van der Waals surface area (Å²) in [5.74, 6) is 1.91. The lowest BCUT2D eigenvalue weighted by Crippen LogP contribution is -2.31. The van der Waals surface area contributed by atoms with Crippen molar-refractivity contribution >= 4 is 29.3 Å². The zero-order chi connectivity index (χ0) is 23.5. The van der Waals surface area contributed by atoms with E-state index in [1.54, 1.807) is 42.1 Å². The summed E-state index contributed by atoms with van der Waals surface area (Å²) in [6.45, 7) is 3.85. The van der Waals surface area contributed by atoms with Crippen LogP contribution in [0.3, 0.4) is 0 Å². The number of carbonyl (C=O) groups excluding carboxylic acids is 1. The van der Waals surface area contributed by atoms with Gasteiger partial charge in [-0.2, -0.15) is 4.98 Å². The molecule has 4 rings (SSSR count). The van der Waals surface area contributed by atoms with Crippen LogP contribution >= 0.6 is 11.8 Å². The molecule has 33 heavy (non-hydrogen) atoms. The lowest BCUT2D eigenvalue weighted by molar-refractivity contribution is -0.113. The van der Waals surface area contributed by atoms with Crippen molar-refractivity contribution in [1.29, 1.82) is 0 Å². The van der Waals surface area contributed by atoms with Gasteiger partial charge < -0.3 is 25.2 Å². The predicted octanol–water partition coefficient (Wildman–Crippen LogP) is 4.04. The number of nitrogens with zero attached hydrogens (tertiary/aromatic N) is 3. The first kappa shape index (κ1) is 22.5. The normalized spacial score (nSPS) is 15.0. The highest BCUT2D eigenvalue weighted by molar-refractivity contribution is 7.99. The van der Waals surface area contributed by atoms with Crippen molar-refractivity contribution in [3.05, 3.63) is 59.3 Å². The largest absolute Gasteiger partial charge is 0.504 e. The fourth-order valence-corrected chi connectivity index (χ4v) is 4.28. The second-order valence-electron chi connectivity index (χ2n) is 7.25. The highest BCUT2D eigenvalue weighted by Gasteiger charge is 2.35. The number of amides is 1. The minimum absolute atomic E-state index is 0.0111. The smallest absolute Gasteiger partial charge is 0.255 e. The molecule has 172 valence electrons. The molecular formula is C23H25N5O4S. The number of para-hydroxylation sites is 2. The van der Waals surface area contributed by atoms with Crippen molar-refractivity contribution in [2.75, 3.05) is 30.6 Å². The van der Waals surface area contributed by atoms with Gasteiger partial charge >= 0.3 is 0 Å². The van der Waals surface area contributed by atoms with Gasteiger partial charge in [0.25, 0.3) is 5.91 Å². The zero-order valence-corrected chi connectivity index (χ0v) is 19.6. The molecule has 0 bridgehead atoms.